The minimum absolute atomic E-state index is 0.382. The molecule has 25 heavy (non-hydrogen) atoms. The average molecular weight is 335 g/mol. The van der Waals surface area contributed by atoms with Crippen molar-refractivity contribution in [3.8, 4) is 11.8 Å². The van der Waals surface area contributed by atoms with Crippen LogP contribution in [0, 0.1) is 11.3 Å². The van der Waals surface area contributed by atoms with Crippen molar-refractivity contribution >= 4 is 17.5 Å². The molecule has 0 radical (unpaired) electrons. The van der Waals surface area contributed by atoms with Crippen LogP contribution in [0.1, 0.15) is 24.6 Å². The van der Waals surface area contributed by atoms with Crippen LogP contribution >= 0.6 is 0 Å². The van der Waals surface area contributed by atoms with Gasteiger partial charge in [0.05, 0.1) is 41.1 Å². The standard InChI is InChI=1S/C17H17N7O/c1-2-4-15-14(21-17(25)22-16-7-8-19-23-16)11-20-24(15)13-6-3-5-12(9-13)10-18/h3,5-9,11H,2,4H2,1H3,(H3,19,21,22,23,25). The van der Waals surface area contributed by atoms with Crippen LogP contribution in [0.15, 0.2) is 42.7 Å². The number of carbonyl (C=O) groups excluding carboxylic acids is 1. The number of urea groups is 1. The van der Waals surface area contributed by atoms with Crippen LogP contribution in [0.4, 0.5) is 16.3 Å². The number of aromatic nitrogens is 4. The van der Waals surface area contributed by atoms with Crippen molar-refractivity contribution in [3.63, 3.8) is 0 Å². The molecule has 0 bridgehead atoms. The number of anilines is 2. The zero-order valence-corrected chi connectivity index (χ0v) is 13.7. The SMILES string of the molecule is CCCc1c(NC(=O)Nc2ccn[nH]2)cnn1-c1cccc(C#N)c1. The highest BCUT2D eigenvalue weighted by Gasteiger charge is 2.14. The molecule has 0 saturated carbocycles. The van der Waals surface area contributed by atoms with Gasteiger partial charge in [-0.15, -0.1) is 0 Å². The molecular formula is C17H17N7O. The lowest BCUT2D eigenvalue weighted by molar-refractivity contribution is 0.262. The van der Waals surface area contributed by atoms with E-state index in [2.05, 4.69) is 38.9 Å². The van der Waals surface area contributed by atoms with Gasteiger partial charge in [-0.3, -0.25) is 10.4 Å². The number of carbonyl (C=O) groups is 1. The Bertz CT molecular complexity index is 905. The molecule has 3 aromatic rings. The summed E-state index contributed by atoms with van der Waals surface area (Å²) in [5.74, 6) is 0.503. The van der Waals surface area contributed by atoms with Crippen molar-refractivity contribution in [1.82, 2.24) is 20.0 Å². The number of nitriles is 1. The summed E-state index contributed by atoms with van der Waals surface area (Å²) >= 11 is 0. The maximum absolute atomic E-state index is 12.1. The number of rotatable bonds is 5. The second-order valence-electron chi connectivity index (χ2n) is 5.38. The van der Waals surface area contributed by atoms with Gasteiger partial charge in [-0.05, 0) is 24.6 Å². The molecule has 8 nitrogen and oxygen atoms in total. The van der Waals surface area contributed by atoms with Crippen LogP contribution in [0.25, 0.3) is 5.69 Å². The molecule has 0 fully saturated rings. The first-order valence-corrected chi connectivity index (χ1v) is 7.86. The lowest BCUT2D eigenvalue weighted by Gasteiger charge is -2.10. The molecule has 0 atom stereocenters. The van der Waals surface area contributed by atoms with E-state index < -0.39 is 0 Å². The Morgan fingerprint density at radius 3 is 2.96 bits per heavy atom. The van der Waals surface area contributed by atoms with Gasteiger partial charge in [0.2, 0.25) is 0 Å². The first kappa shape index (κ1) is 16.3. The molecule has 0 saturated heterocycles. The average Bonchev–Trinajstić information content (AvgIpc) is 3.26. The minimum atomic E-state index is -0.382. The predicted octanol–water partition coefficient (Wildman–Crippen LogP) is 3.06. The van der Waals surface area contributed by atoms with Crippen LogP contribution in [0.2, 0.25) is 0 Å². The Hall–Kier alpha value is -3.60. The van der Waals surface area contributed by atoms with Crippen LogP contribution < -0.4 is 10.6 Å². The monoisotopic (exact) mass is 335 g/mol. The summed E-state index contributed by atoms with van der Waals surface area (Å²) in [4.78, 5) is 12.1. The van der Waals surface area contributed by atoms with E-state index in [1.807, 2.05) is 12.1 Å². The third kappa shape index (κ3) is 3.67. The summed E-state index contributed by atoms with van der Waals surface area (Å²) in [6.07, 6.45) is 4.78. The first-order valence-electron chi connectivity index (χ1n) is 7.86. The molecule has 0 aliphatic heterocycles. The van der Waals surface area contributed by atoms with E-state index in [1.54, 1.807) is 35.3 Å². The topological polar surface area (TPSA) is 111 Å². The van der Waals surface area contributed by atoms with Gasteiger partial charge in [-0.2, -0.15) is 15.5 Å². The first-order chi connectivity index (χ1) is 12.2. The zero-order valence-electron chi connectivity index (χ0n) is 13.7. The van der Waals surface area contributed by atoms with Gasteiger partial charge >= 0.3 is 6.03 Å². The van der Waals surface area contributed by atoms with E-state index in [-0.39, 0.29) is 6.03 Å². The normalized spacial score (nSPS) is 10.2. The Morgan fingerprint density at radius 1 is 1.36 bits per heavy atom. The maximum Gasteiger partial charge on any atom is 0.324 e. The molecule has 0 aliphatic carbocycles. The molecule has 8 heteroatoms. The highest BCUT2D eigenvalue weighted by Crippen LogP contribution is 2.22. The molecule has 2 amide bonds. The molecule has 1 aromatic carbocycles. The van der Waals surface area contributed by atoms with E-state index in [4.69, 9.17) is 5.26 Å². The second-order valence-corrected chi connectivity index (χ2v) is 5.38. The molecule has 126 valence electrons. The molecule has 0 aliphatic rings. The predicted molar refractivity (Wildman–Crippen MR) is 93.5 cm³/mol. The number of benzene rings is 1. The van der Waals surface area contributed by atoms with Crippen LogP contribution in [0.3, 0.4) is 0 Å². The van der Waals surface area contributed by atoms with Crippen molar-refractivity contribution in [2.75, 3.05) is 10.6 Å². The summed E-state index contributed by atoms with van der Waals surface area (Å²) in [7, 11) is 0. The van der Waals surface area contributed by atoms with Gasteiger partial charge in [0.25, 0.3) is 0 Å². The molecular weight excluding hydrogens is 318 g/mol. The number of amides is 2. The second kappa shape index (κ2) is 7.31. The van der Waals surface area contributed by atoms with E-state index in [0.717, 1.165) is 24.2 Å². The lowest BCUT2D eigenvalue weighted by Crippen LogP contribution is -2.20. The third-order valence-corrected chi connectivity index (χ3v) is 3.57. The summed E-state index contributed by atoms with van der Waals surface area (Å²) in [5.41, 5.74) is 2.84. The Balaban J connectivity index is 1.86. The number of hydrogen-bond donors (Lipinski definition) is 3. The Kier molecular flexibility index (Phi) is 4.76. The van der Waals surface area contributed by atoms with E-state index >= 15 is 0 Å². The van der Waals surface area contributed by atoms with E-state index in [1.165, 1.54) is 0 Å². The molecule has 3 N–H and O–H groups in total. The smallest absolute Gasteiger partial charge is 0.305 e. The van der Waals surface area contributed by atoms with E-state index in [0.29, 0.717) is 17.1 Å². The number of hydrogen-bond acceptors (Lipinski definition) is 4. The number of H-pyrrole nitrogens is 1. The third-order valence-electron chi connectivity index (χ3n) is 3.57. The van der Waals surface area contributed by atoms with Crippen molar-refractivity contribution in [2.45, 2.75) is 19.8 Å². The highest BCUT2D eigenvalue weighted by molar-refractivity contribution is 5.99. The number of aromatic amines is 1. The maximum atomic E-state index is 12.1. The fraction of sp³-hybridized carbons (Fsp3) is 0.176. The van der Waals surface area contributed by atoms with Crippen molar-refractivity contribution < 1.29 is 4.79 Å². The summed E-state index contributed by atoms with van der Waals surface area (Å²) in [5, 5.41) is 25.4. The summed E-state index contributed by atoms with van der Waals surface area (Å²) in [6.45, 7) is 2.05. The van der Waals surface area contributed by atoms with Gasteiger partial charge in [-0.1, -0.05) is 19.4 Å². The lowest BCUT2D eigenvalue weighted by atomic mass is 10.2. The molecule has 2 heterocycles. The largest absolute Gasteiger partial charge is 0.324 e. The van der Waals surface area contributed by atoms with Crippen LogP contribution in [-0.4, -0.2) is 26.0 Å². The van der Waals surface area contributed by atoms with Crippen molar-refractivity contribution in [2.24, 2.45) is 0 Å². The zero-order chi connectivity index (χ0) is 17.6. The van der Waals surface area contributed by atoms with Gasteiger partial charge in [0.15, 0.2) is 0 Å². The molecule has 3 rings (SSSR count). The van der Waals surface area contributed by atoms with E-state index in [9.17, 15) is 4.79 Å². The van der Waals surface area contributed by atoms with Gasteiger partial charge in [0.1, 0.15) is 5.82 Å². The number of nitrogens with zero attached hydrogens (tertiary/aromatic N) is 4. The summed E-state index contributed by atoms with van der Waals surface area (Å²) < 4.78 is 1.75. The van der Waals surface area contributed by atoms with Gasteiger partial charge in [0, 0.05) is 6.07 Å². The van der Waals surface area contributed by atoms with Gasteiger partial charge in [-0.25, -0.2) is 9.48 Å². The fourth-order valence-electron chi connectivity index (χ4n) is 2.49. The molecule has 0 unspecified atom stereocenters. The highest BCUT2D eigenvalue weighted by atomic mass is 16.2. The molecule has 0 spiro atoms. The van der Waals surface area contributed by atoms with Crippen LogP contribution in [0.5, 0.6) is 0 Å². The Labute approximate surface area is 144 Å². The summed E-state index contributed by atoms with van der Waals surface area (Å²) in [6, 6.07) is 10.6. The van der Waals surface area contributed by atoms with Gasteiger partial charge < -0.3 is 5.32 Å². The van der Waals surface area contributed by atoms with Crippen LogP contribution in [-0.2, 0) is 6.42 Å². The van der Waals surface area contributed by atoms with Crippen molar-refractivity contribution in [1.29, 1.82) is 5.26 Å². The number of nitrogens with one attached hydrogen (secondary N) is 3. The Morgan fingerprint density at radius 2 is 2.24 bits per heavy atom. The molecule has 2 aromatic heterocycles. The quantitative estimate of drug-likeness (QED) is 0.665. The van der Waals surface area contributed by atoms with Crippen molar-refractivity contribution in [3.05, 3.63) is 54.0 Å². The minimum Gasteiger partial charge on any atom is -0.305 e. The fourth-order valence-corrected chi connectivity index (χ4v) is 2.49.